The first kappa shape index (κ1) is 7.60. The molecule has 3 aliphatic rings. The van der Waals surface area contributed by atoms with Crippen molar-refractivity contribution in [2.24, 2.45) is 22.5 Å². The van der Waals surface area contributed by atoms with Crippen LogP contribution in [0.15, 0.2) is 0 Å². The molecule has 11 heavy (non-hydrogen) atoms. The number of hydrogen-bond acceptors (Lipinski definition) is 1. The molecule has 0 heterocycles. The summed E-state index contributed by atoms with van der Waals surface area (Å²) in [5.74, 6) is 0.881. The van der Waals surface area contributed by atoms with E-state index in [0.29, 0.717) is 5.41 Å². The van der Waals surface area contributed by atoms with Crippen molar-refractivity contribution in [2.75, 3.05) is 6.54 Å². The first-order valence-electron chi connectivity index (χ1n) is 4.80. The SMILES string of the molecule is CC(C)CC12CC(CN)(C1)C2. The van der Waals surface area contributed by atoms with E-state index in [2.05, 4.69) is 13.8 Å². The minimum absolute atomic E-state index is 0.634. The van der Waals surface area contributed by atoms with Crippen LogP contribution in [0.25, 0.3) is 0 Å². The van der Waals surface area contributed by atoms with Gasteiger partial charge in [-0.1, -0.05) is 13.8 Å². The van der Waals surface area contributed by atoms with E-state index in [0.717, 1.165) is 17.9 Å². The third-order valence-electron chi connectivity index (χ3n) is 3.52. The molecule has 3 fully saturated rings. The fraction of sp³-hybridized carbons (Fsp3) is 1.00. The third-order valence-corrected chi connectivity index (χ3v) is 3.52. The van der Waals surface area contributed by atoms with E-state index in [1.165, 1.54) is 25.7 Å². The van der Waals surface area contributed by atoms with Crippen LogP contribution in [0.3, 0.4) is 0 Å². The van der Waals surface area contributed by atoms with Crippen molar-refractivity contribution >= 4 is 0 Å². The Morgan fingerprint density at radius 1 is 1.18 bits per heavy atom. The molecule has 0 saturated heterocycles. The van der Waals surface area contributed by atoms with Crippen molar-refractivity contribution in [3.05, 3.63) is 0 Å². The molecule has 0 spiro atoms. The van der Waals surface area contributed by atoms with Crippen molar-refractivity contribution in [3.63, 3.8) is 0 Å². The van der Waals surface area contributed by atoms with Gasteiger partial charge in [-0.15, -0.1) is 0 Å². The zero-order valence-corrected chi connectivity index (χ0v) is 7.69. The van der Waals surface area contributed by atoms with Gasteiger partial charge in [-0.3, -0.25) is 0 Å². The Hall–Kier alpha value is -0.0400. The molecule has 0 aliphatic heterocycles. The minimum atomic E-state index is 0.634. The van der Waals surface area contributed by atoms with E-state index < -0.39 is 0 Å². The van der Waals surface area contributed by atoms with E-state index in [9.17, 15) is 0 Å². The van der Waals surface area contributed by atoms with Crippen LogP contribution >= 0.6 is 0 Å². The molecule has 2 N–H and O–H groups in total. The Labute approximate surface area is 69.4 Å². The second kappa shape index (κ2) is 2.01. The van der Waals surface area contributed by atoms with Crippen LogP contribution in [0.4, 0.5) is 0 Å². The largest absolute Gasteiger partial charge is 0.330 e. The number of hydrogen-bond donors (Lipinski definition) is 1. The first-order chi connectivity index (χ1) is 5.10. The summed E-state index contributed by atoms with van der Waals surface area (Å²) in [4.78, 5) is 0. The number of rotatable bonds is 3. The smallest absolute Gasteiger partial charge is 0.00199 e. The summed E-state index contributed by atoms with van der Waals surface area (Å²) in [6.07, 6.45) is 5.76. The van der Waals surface area contributed by atoms with Gasteiger partial charge in [-0.2, -0.15) is 0 Å². The van der Waals surface area contributed by atoms with Gasteiger partial charge in [0.15, 0.2) is 0 Å². The van der Waals surface area contributed by atoms with E-state index in [4.69, 9.17) is 5.73 Å². The fourth-order valence-corrected chi connectivity index (χ4v) is 3.53. The van der Waals surface area contributed by atoms with Crippen LogP contribution in [0, 0.1) is 16.7 Å². The van der Waals surface area contributed by atoms with Crippen LogP contribution in [-0.2, 0) is 0 Å². The highest BCUT2D eigenvalue weighted by atomic mass is 14.8. The maximum Gasteiger partial charge on any atom is -0.00199 e. The van der Waals surface area contributed by atoms with Crippen molar-refractivity contribution in [2.45, 2.75) is 39.5 Å². The standard InChI is InChI=1S/C10H19N/c1-8(2)3-9-4-10(5-9,6-9)7-11/h8H,3-7,11H2,1-2H3. The lowest BCUT2D eigenvalue weighted by Crippen LogP contribution is -2.64. The summed E-state index contributed by atoms with van der Waals surface area (Å²) in [5.41, 5.74) is 7.10. The van der Waals surface area contributed by atoms with Crippen LogP contribution in [0.5, 0.6) is 0 Å². The quantitative estimate of drug-likeness (QED) is 0.660. The third kappa shape index (κ3) is 0.936. The Kier molecular flexibility index (Phi) is 1.39. The summed E-state index contributed by atoms with van der Waals surface area (Å²) in [6, 6.07) is 0. The molecule has 3 rings (SSSR count). The highest BCUT2D eigenvalue weighted by Crippen LogP contribution is 2.74. The molecule has 64 valence electrons. The molecule has 1 heteroatoms. The average Bonchev–Trinajstić information content (AvgIpc) is 1.74. The van der Waals surface area contributed by atoms with E-state index in [-0.39, 0.29) is 0 Å². The molecule has 3 saturated carbocycles. The first-order valence-corrected chi connectivity index (χ1v) is 4.80. The van der Waals surface area contributed by atoms with Crippen LogP contribution in [0.1, 0.15) is 39.5 Å². The molecule has 2 bridgehead atoms. The maximum absolute atomic E-state index is 5.70. The van der Waals surface area contributed by atoms with Gasteiger partial charge < -0.3 is 5.73 Å². The molecule has 1 nitrogen and oxygen atoms in total. The zero-order chi connectivity index (χ0) is 8.11. The van der Waals surface area contributed by atoms with Crippen LogP contribution in [-0.4, -0.2) is 6.54 Å². The van der Waals surface area contributed by atoms with E-state index in [1.54, 1.807) is 0 Å². The molecule has 3 aliphatic carbocycles. The lowest BCUT2D eigenvalue weighted by Gasteiger charge is -2.71. The van der Waals surface area contributed by atoms with Crippen LogP contribution < -0.4 is 5.73 Å². The predicted molar refractivity (Wildman–Crippen MR) is 47.2 cm³/mol. The van der Waals surface area contributed by atoms with Gasteiger partial charge in [0.1, 0.15) is 0 Å². The highest BCUT2D eigenvalue weighted by molar-refractivity contribution is 5.17. The van der Waals surface area contributed by atoms with E-state index in [1.807, 2.05) is 0 Å². The topological polar surface area (TPSA) is 26.0 Å². The van der Waals surface area contributed by atoms with Gasteiger partial charge in [-0.25, -0.2) is 0 Å². The maximum atomic E-state index is 5.70. The molecule has 0 aromatic heterocycles. The molecule has 0 radical (unpaired) electrons. The lowest BCUT2D eigenvalue weighted by molar-refractivity contribution is -0.205. The molecule has 0 atom stereocenters. The zero-order valence-electron chi connectivity index (χ0n) is 7.69. The average molecular weight is 153 g/mol. The van der Waals surface area contributed by atoms with Crippen LogP contribution in [0.2, 0.25) is 0 Å². The normalized spacial score (nSPS) is 46.9. The predicted octanol–water partition coefficient (Wildman–Crippen LogP) is 2.16. The monoisotopic (exact) mass is 153 g/mol. The molecule has 0 aromatic rings. The summed E-state index contributed by atoms with van der Waals surface area (Å²) in [6.45, 7) is 5.60. The minimum Gasteiger partial charge on any atom is -0.330 e. The Morgan fingerprint density at radius 2 is 1.73 bits per heavy atom. The summed E-state index contributed by atoms with van der Waals surface area (Å²) < 4.78 is 0. The molecule has 0 unspecified atom stereocenters. The van der Waals surface area contributed by atoms with Crippen molar-refractivity contribution in [1.29, 1.82) is 0 Å². The molecule has 0 amide bonds. The van der Waals surface area contributed by atoms with Gasteiger partial charge in [-0.05, 0) is 49.0 Å². The van der Waals surface area contributed by atoms with Gasteiger partial charge >= 0.3 is 0 Å². The lowest BCUT2D eigenvalue weighted by atomic mass is 9.34. The van der Waals surface area contributed by atoms with Crippen molar-refractivity contribution in [3.8, 4) is 0 Å². The van der Waals surface area contributed by atoms with Crippen molar-refractivity contribution in [1.82, 2.24) is 0 Å². The molecule has 0 aromatic carbocycles. The highest BCUT2D eigenvalue weighted by Gasteiger charge is 2.66. The van der Waals surface area contributed by atoms with Gasteiger partial charge in [0.25, 0.3) is 0 Å². The van der Waals surface area contributed by atoms with Gasteiger partial charge in [0, 0.05) is 0 Å². The number of nitrogens with two attached hydrogens (primary N) is 1. The Morgan fingerprint density at radius 3 is 2.09 bits per heavy atom. The summed E-state index contributed by atoms with van der Waals surface area (Å²) >= 11 is 0. The van der Waals surface area contributed by atoms with Gasteiger partial charge in [0.05, 0.1) is 0 Å². The summed E-state index contributed by atoms with van der Waals surface area (Å²) in [7, 11) is 0. The van der Waals surface area contributed by atoms with E-state index >= 15 is 0 Å². The second-order valence-electron chi connectivity index (χ2n) is 5.33. The Bertz CT molecular complexity index is 152. The molecular weight excluding hydrogens is 134 g/mol. The Balaban J connectivity index is 1.85. The second-order valence-corrected chi connectivity index (χ2v) is 5.33. The molecular formula is C10H19N. The van der Waals surface area contributed by atoms with Crippen molar-refractivity contribution < 1.29 is 0 Å². The van der Waals surface area contributed by atoms with Gasteiger partial charge in [0.2, 0.25) is 0 Å². The summed E-state index contributed by atoms with van der Waals surface area (Å²) in [5, 5.41) is 0. The fourth-order valence-electron chi connectivity index (χ4n) is 3.53.